The van der Waals surface area contributed by atoms with Crippen LogP contribution >= 0.6 is 0 Å². The minimum atomic E-state index is -0.205. The third-order valence-electron chi connectivity index (χ3n) is 3.90. The van der Waals surface area contributed by atoms with Gasteiger partial charge in [-0.15, -0.1) is 0 Å². The lowest BCUT2D eigenvalue weighted by Gasteiger charge is -2.18. The highest BCUT2D eigenvalue weighted by Gasteiger charge is 2.10. The van der Waals surface area contributed by atoms with Gasteiger partial charge in [0.05, 0.1) is 18.2 Å². The molecule has 0 aliphatic heterocycles. The van der Waals surface area contributed by atoms with E-state index in [-0.39, 0.29) is 6.03 Å². The van der Waals surface area contributed by atoms with E-state index in [9.17, 15) is 4.79 Å². The molecule has 2 aromatic carbocycles. The summed E-state index contributed by atoms with van der Waals surface area (Å²) in [6.45, 7) is 1.07. The average molecular weight is 345 g/mol. The first kappa shape index (κ1) is 17.2. The Kier molecular flexibility index (Phi) is 5.30. The van der Waals surface area contributed by atoms with E-state index in [4.69, 9.17) is 5.26 Å². The molecule has 0 radical (unpaired) electrons. The molecule has 0 atom stereocenters. The van der Waals surface area contributed by atoms with Crippen LogP contribution in [0.5, 0.6) is 0 Å². The van der Waals surface area contributed by atoms with E-state index in [1.165, 1.54) is 0 Å². The first-order valence-corrected chi connectivity index (χ1v) is 8.21. The Morgan fingerprint density at radius 3 is 2.77 bits per heavy atom. The van der Waals surface area contributed by atoms with Gasteiger partial charge in [0.25, 0.3) is 0 Å². The topological polar surface area (TPSA) is 74.0 Å². The highest BCUT2D eigenvalue weighted by Crippen LogP contribution is 2.13. The van der Waals surface area contributed by atoms with Crippen LogP contribution in [-0.4, -0.2) is 27.8 Å². The minimum absolute atomic E-state index is 0.205. The van der Waals surface area contributed by atoms with Gasteiger partial charge < -0.3 is 10.2 Å². The van der Waals surface area contributed by atoms with Crippen LogP contribution in [-0.2, 0) is 13.1 Å². The molecule has 0 saturated carbocycles. The van der Waals surface area contributed by atoms with Crippen molar-refractivity contribution < 1.29 is 4.79 Å². The van der Waals surface area contributed by atoms with Crippen LogP contribution in [0.4, 0.5) is 10.5 Å². The molecule has 2 amide bonds. The number of carbonyl (C=O) groups is 1. The number of urea groups is 1. The lowest BCUT2D eigenvalue weighted by Crippen LogP contribution is -2.30. The first-order valence-electron chi connectivity index (χ1n) is 8.21. The van der Waals surface area contributed by atoms with Crippen molar-refractivity contribution in [3.05, 3.63) is 83.7 Å². The lowest BCUT2D eigenvalue weighted by molar-refractivity contribution is 0.220. The van der Waals surface area contributed by atoms with Crippen molar-refractivity contribution in [1.29, 1.82) is 5.26 Å². The lowest BCUT2D eigenvalue weighted by atomic mass is 10.1. The van der Waals surface area contributed by atoms with E-state index < -0.39 is 0 Å². The number of nitrogens with one attached hydrogen (secondary N) is 1. The van der Waals surface area contributed by atoms with Crippen LogP contribution in [0.1, 0.15) is 16.7 Å². The number of nitriles is 1. The molecular weight excluding hydrogens is 326 g/mol. The number of nitrogens with zero attached hydrogens (tertiary/aromatic N) is 4. The maximum Gasteiger partial charge on any atom is 0.321 e. The molecule has 3 rings (SSSR count). The van der Waals surface area contributed by atoms with Crippen molar-refractivity contribution in [2.45, 2.75) is 13.1 Å². The van der Waals surface area contributed by atoms with Gasteiger partial charge in [0.1, 0.15) is 0 Å². The zero-order chi connectivity index (χ0) is 18.4. The van der Waals surface area contributed by atoms with Crippen LogP contribution in [0.25, 0.3) is 0 Å². The predicted molar refractivity (Wildman–Crippen MR) is 99.4 cm³/mol. The largest absolute Gasteiger partial charge is 0.323 e. The van der Waals surface area contributed by atoms with Crippen LogP contribution in [0.2, 0.25) is 0 Å². The summed E-state index contributed by atoms with van der Waals surface area (Å²) >= 11 is 0. The second-order valence-corrected chi connectivity index (χ2v) is 6.00. The summed E-state index contributed by atoms with van der Waals surface area (Å²) in [5, 5.41) is 16.1. The molecule has 3 aromatic rings. The first-order chi connectivity index (χ1) is 12.6. The van der Waals surface area contributed by atoms with Crippen LogP contribution in [0, 0.1) is 11.3 Å². The standard InChI is InChI=1S/C20H19N5O/c1-24(14-17-6-2-5-16(11-17)13-21)20(26)23-19-8-3-7-18(12-19)15-25-10-4-9-22-25/h2-12H,14-15H2,1H3,(H,23,26). The Balaban J connectivity index is 1.62. The van der Waals surface area contributed by atoms with Crippen molar-refractivity contribution in [3.8, 4) is 6.07 Å². The molecule has 1 N–H and O–H groups in total. The quantitative estimate of drug-likeness (QED) is 0.769. The Hall–Kier alpha value is -3.59. The summed E-state index contributed by atoms with van der Waals surface area (Å²) in [5.41, 5.74) is 3.28. The second kappa shape index (κ2) is 7.99. The maximum atomic E-state index is 12.4. The second-order valence-electron chi connectivity index (χ2n) is 6.00. The number of hydrogen-bond acceptors (Lipinski definition) is 3. The summed E-state index contributed by atoms with van der Waals surface area (Å²) in [4.78, 5) is 14.0. The van der Waals surface area contributed by atoms with Gasteiger partial charge in [-0.2, -0.15) is 10.4 Å². The van der Waals surface area contributed by atoms with Gasteiger partial charge in [-0.05, 0) is 41.5 Å². The van der Waals surface area contributed by atoms with Gasteiger partial charge in [-0.25, -0.2) is 4.79 Å². The SMILES string of the molecule is CN(Cc1cccc(C#N)c1)C(=O)Nc1cccc(Cn2cccn2)c1. The Labute approximate surface area is 152 Å². The van der Waals surface area contributed by atoms with Gasteiger partial charge >= 0.3 is 6.03 Å². The minimum Gasteiger partial charge on any atom is -0.323 e. The van der Waals surface area contributed by atoms with E-state index in [1.807, 2.05) is 53.3 Å². The van der Waals surface area contributed by atoms with Gasteiger partial charge in [0.15, 0.2) is 0 Å². The number of benzene rings is 2. The molecule has 0 saturated heterocycles. The summed E-state index contributed by atoms with van der Waals surface area (Å²) < 4.78 is 1.83. The molecule has 0 aliphatic carbocycles. The number of carbonyl (C=O) groups excluding carboxylic acids is 1. The molecule has 0 fully saturated rings. The average Bonchev–Trinajstić information content (AvgIpc) is 3.15. The van der Waals surface area contributed by atoms with Crippen LogP contribution in [0.3, 0.4) is 0 Å². The Morgan fingerprint density at radius 2 is 2.00 bits per heavy atom. The van der Waals surface area contributed by atoms with Crippen molar-refractivity contribution >= 4 is 11.7 Å². The molecule has 0 bridgehead atoms. The highest BCUT2D eigenvalue weighted by molar-refractivity contribution is 5.89. The fourth-order valence-electron chi connectivity index (χ4n) is 2.63. The third-order valence-corrected chi connectivity index (χ3v) is 3.90. The number of amides is 2. The van der Waals surface area contributed by atoms with Crippen LogP contribution in [0.15, 0.2) is 67.0 Å². The van der Waals surface area contributed by atoms with Gasteiger partial charge in [0, 0.05) is 31.7 Å². The summed E-state index contributed by atoms with van der Waals surface area (Å²) in [6, 6.07) is 18.7. The molecule has 6 nitrogen and oxygen atoms in total. The summed E-state index contributed by atoms with van der Waals surface area (Å²) in [5.74, 6) is 0. The molecular formula is C20H19N5O. The number of hydrogen-bond donors (Lipinski definition) is 1. The normalized spacial score (nSPS) is 10.2. The fraction of sp³-hybridized carbons (Fsp3) is 0.150. The number of aromatic nitrogens is 2. The van der Waals surface area contributed by atoms with Gasteiger partial charge in [-0.1, -0.05) is 24.3 Å². The van der Waals surface area contributed by atoms with Gasteiger partial charge in [-0.3, -0.25) is 4.68 Å². The fourth-order valence-corrected chi connectivity index (χ4v) is 2.63. The molecule has 6 heteroatoms. The molecule has 0 aliphatic rings. The van der Waals surface area contributed by atoms with Crippen molar-refractivity contribution in [2.24, 2.45) is 0 Å². The zero-order valence-electron chi connectivity index (χ0n) is 14.5. The van der Waals surface area contributed by atoms with E-state index in [0.29, 0.717) is 18.7 Å². The third kappa shape index (κ3) is 4.48. The Bertz CT molecular complexity index is 927. The van der Waals surface area contributed by atoms with Crippen molar-refractivity contribution in [2.75, 3.05) is 12.4 Å². The predicted octanol–water partition coefficient (Wildman–Crippen LogP) is 3.47. The van der Waals surface area contributed by atoms with E-state index in [2.05, 4.69) is 16.5 Å². The van der Waals surface area contributed by atoms with Crippen molar-refractivity contribution in [3.63, 3.8) is 0 Å². The number of anilines is 1. The Morgan fingerprint density at radius 1 is 1.19 bits per heavy atom. The zero-order valence-corrected chi connectivity index (χ0v) is 14.5. The number of rotatable bonds is 5. The van der Waals surface area contributed by atoms with E-state index >= 15 is 0 Å². The van der Waals surface area contributed by atoms with Crippen LogP contribution < -0.4 is 5.32 Å². The summed E-state index contributed by atoms with van der Waals surface area (Å²) in [7, 11) is 1.72. The van der Waals surface area contributed by atoms with Gasteiger partial charge in [0.2, 0.25) is 0 Å². The molecule has 130 valence electrons. The monoisotopic (exact) mass is 345 g/mol. The van der Waals surface area contributed by atoms with E-state index in [0.717, 1.165) is 16.8 Å². The van der Waals surface area contributed by atoms with E-state index in [1.54, 1.807) is 30.3 Å². The molecule has 1 aromatic heterocycles. The van der Waals surface area contributed by atoms with Crippen molar-refractivity contribution in [1.82, 2.24) is 14.7 Å². The maximum absolute atomic E-state index is 12.4. The molecule has 26 heavy (non-hydrogen) atoms. The smallest absolute Gasteiger partial charge is 0.321 e. The summed E-state index contributed by atoms with van der Waals surface area (Å²) in [6.07, 6.45) is 3.64. The molecule has 1 heterocycles. The molecule has 0 unspecified atom stereocenters. The highest BCUT2D eigenvalue weighted by atomic mass is 16.2. The molecule has 0 spiro atoms.